The van der Waals surface area contributed by atoms with Gasteiger partial charge in [0.15, 0.2) is 0 Å². The highest BCUT2D eigenvalue weighted by molar-refractivity contribution is 6.30. The average molecular weight is 286 g/mol. The first-order valence-electron chi connectivity index (χ1n) is 6.22. The number of nitrogens with zero attached hydrogens (tertiary/aromatic N) is 1. The standard InChI is InChI=1S/C14H17Cl2NO/c1-10(8-15)14(18)17(13-6-7-13)9-11-2-4-12(16)5-3-11/h2-5,10,13H,6-9H2,1H3. The summed E-state index contributed by atoms with van der Waals surface area (Å²) in [6.07, 6.45) is 2.21. The van der Waals surface area contributed by atoms with Crippen molar-refractivity contribution in [3.05, 3.63) is 34.9 Å². The first-order valence-corrected chi connectivity index (χ1v) is 7.14. The van der Waals surface area contributed by atoms with E-state index in [1.807, 2.05) is 36.1 Å². The van der Waals surface area contributed by atoms with Gasteiger partial charge >= 0.3 is 0 Å². The number of alkyl halides is 1. The molecule has 2 rings (SSSR count). The molecule has 1 aromatic rings. The number of halogens is 2. The highest BCUT2D eigenvalue weighted by Crippen LogP contribution is 2.30. The summed E-state index contributed by atoms with van der Waals surface area (Å²) in [4.78, 5) is 14.2. The molecule has 1 aliphatic carbocycles. The van der Waals surface area contributed by atoms with Crippen LogP contribution in [0.1, 0.15) is 25.3 Å². The molecule has 18 heavy (non-hydrogen) atoms. The van der Waals surface area contributed by atoms with Gasteiger partial charge in [0, 0.05) is 29.4 Å². The third-order valence-electron chi connectivity index (χ3n) is 3.19. The Bertz CT molecular complexity index is 414. The molecule has 1 atom stereocenters. The molecule has 98 valence electrons. The van der Waals surface area contributed by atoms with Gasteiger partial charge < -0.3 is 4.90 Å². The highest BCUT2D eigenvalue weighted by atomic mass is 35.5. The van der Waals surface area contributed by atoms with Gasteiger partial charge in [0.1, 0.15) is 0 Å². The second-order valence-electron chi connectivity index (χ2n) is 4.88. The zero-order valence-corrected chi connectivity index (χ0v) is 11.9. The Hall–Kier alpha value is -0.730. The topological polar surface area (TPSA) is 20.3 Å². The third kappa shape index (κ3) is 3.39. The lowest BCUT2D eigenvalue weighted by atomic mass is 10.1. The van der Waals surface area contributed by atoms with E-state index in [9.17, 15) is 4.79 Å². The maximum absolute atomic E-state index is 12.2. The summed E-state index contributed by atoms with van der Waals surface area (Å²) in [6.45, 7) is 2.54. The summed E-state index contributed by atoms with van der Waals surface area (Å²) < 4.78 is 0. The summed E-state index contributed by atoms with van der Waals surface area (Å²) in [5.41, 5.74) is 1.11. The van der Waals surface area contributed by atoms with Crippen LogP contribution in [0.2, 0.25) is 5.02 Å². The van der Waals surface area contributed by atoms with Crippen molar-refractivity contribution in [1.29, 1.82) is 0 Å². The van der Waals surface area contributed by atoms with Crippen LogP contribution in [0.5, 0.6) is 0 Å². The van der Waals surface area contributed by atoms with Gasteiger partial charge in [-0.3, -0.25) is 4.79 Å². The number of carbonyl (C=O) groups excluding carboxylic acids is 1. The molecule has 0 spiro atoms. The van der Waals surface area contributed by atoms with Gasteiger partial charge in [-0.25, -0.2) is 0 Å². The van der Waals surface area contributed by atoms with E-state index in [0.717, 1.165) is 23.4 Å². The van der Waals surface area contributed by atoms with E-state index < -0.39 is 0 Å². The van der Waals surface area contributed by atoms with Crippen LogP contribution in [0.25, 0.3) is 0 Å². The minimum absolute atomic E-state index is 0.112. The van der Waals surface area contributed by atoms with Gasteiger partial charge in [-0.1, -0.05) is 30.7 Å². The Morgan fingerprint density at radius 2 is 2.00 bits per heavy atom. The zero-order chi connectivity index (χ0) is 13.1. The van der Waals surface area contributed by atoms with Crippen LogP contribution in [-0.2, 0) is 11.3 Å². The lowest BCUT2D eigenvalue weighted by molar-refractivity contribution is -0.135. The molecule has 0 heterocycles. The molecular weight excluding hydrogens is 269 g/mol. The van der Waals surface area contributed by atoms with Gasteiger partial charge in [-0.05, 0) is 30.5 Å². The van der Waals surface area contributed by atoms with Gasteiger partial charge in [0.05, 0.1) is 0 Å². The number of benzene rings is 1. The molecule has 1 aliphatic rings. The molecular formula is C14H17Cl2NO. The maximum Gasteiger partial charge on any atom is 0.227 e. The fraction of sp³-hybridized carbons (Fsp3) is 0.500. The minimum Gasteiger partial charge on any atom is -0.335 e. The van der Waals surface area contributed by atoms with Crippen molar-refractivity contribution in [2.24, 2.45) is 5.92 Å². The minimum atomic E-state index is -0.112. The lowest BCUT2D eigenvalue weighted by Crippen LogP contribution is -2.37. The van der Waals surface area contributed by atoms with Crippen molar-refractivity contribution in [2.45, 2.75) is 32.4 Å². The van der Waals surface area contributed by atoms with E-state index in [1.54, 1.807) is 0 Å². The molecule has 0 N–H and O–H groups in total. The number of rotatable bonds is 5. The largest absolute Gasteiger partial charge is 0.335 e. The lowest BCUT2D eigenvalue weighted by Gasteiger charge is -2.25. The number of amides is 1. The Morgan fingerprint density at radius 3 is 2.50 bits per heavy atom. The summed E-state index contributed by atoms with van der Waals surface area (Å²) in [5.74, 6) is 0.421. The number of carbonyl (C=O) groups is 1. The summed E-state index contributed by atoms with van der Waals surface area (Å²) in [6, 6.07) is 8.06. The Balaban J connectivity index is 2.06. The van der Waals surface area contributed by atoms with E-state index in [0.29, 0.717) is 18.5 Å². The Kier molecular flexibility index (Phi) is 4.52. The smallest absolute Gasteiger partial charge is 0.227 e. The normalized spacial score (nSPS) is 16.4. The first-order chi connectivity index (χ1) is 8.61. The summed E-state index contributed by atoms with van der Waals surface area (Å²) in [5, 5.41) is 0.720. The molecule has 1 fully saturated rings. The van der Waals surface area contributed by atoms with Crippen LogP contribution in [0, 0.1) is 5.92 Å². The number of hydrogen-bond acceptors (Lipinski definition) is 1. The van der Waals surface area contributed by atoms with Crippen LogP contribution in [0.15, 0.2) is 24.3 Å². The van der Waals surface area contributed by atoms with Gasteiger partial charge in [-0.15, -0.1) is 11.6 Å². The van der Waals surface area contributed by atoms with Crippen LogP contribution in [0.4, 0.5) is 0 Å². The molecule has 0 saturated heterocycles. The van der Waals surface area contributed by atoms with E-state index in [1.165, 1.54) is 0 Å². The molecule has 1 aromatic carbocycles. The van der Waals surface area contributed by atoms with E-state index in [2.05, 4.69) is 0 Å². The molecule has 0 aromatic heterocycles. The fourth-order valence-electron chi connectivity index (χ4n) is 1.91. The summed E-state index contributed by atoms with van der Waals surface area (Å²) >= 11 is 11.6. The molecule has 2 nitrogen and oxygen atoms in total. The van der Waals surface area contributed by atoms with Crippen LogP contribution in [0.3, 0.4) is 0 Å². The van der Waals surface area contributed by atoms with Gasteiger partial charge in [0.25, 0.3) is 0 Å². The third-order valence-corrected chi connectivity index (χ3v) is 3.90. The van der Waals surface area contributed by atoms with Crippen molar-refractivity contribution < 1.29 is 4.79 Å². The molecule has 4 heteroatoms. The SMILES string of the molecule is CC(CCl)C(=O)N(Cc1ccc(Cl)cc1)C1CC1. The highest BCUT2D eigenvalue weighted by Gasteiger charge is 2.34. The Labute approximate surface area is 118 Å². The van der Waals surface area contributed by atoms with E-state index in [4.69, 9.17) is 23.2 Å². The second kappa shape index (κ2) is 5.94. The molecule has 0 radical (unpaired) electrons. The van der Waals surface area contributed by atoms with Crippen LogP contribution in [-0.4, -0.2) is 22.7 Å². The molecule has 1 saturated carbocycles. The quantitative estimate of drug-likeness (QED) is 0.756. The first kappa shape index (κ1) is 13.7. The van der Waals surface area contributed by atoms with Gasteiger partial charge in [0.2, 0.25) is 5.91 Å². The van der Waals surface area contributed by atoms with Crippen LogP contribution < -0.4 is 0 Å². The fourth-order valence-corrected chi connectivity index (χ4v) is 2.17. The van der Waals surface area contributed by atoms with Crippen molar-refractivity contribution in [3.8, 4) is 0 Å². The molecule has 0 aliphatic heterocycles. The van der Waals surface area contributed by atoms with Gasteiger partial charge in [-0.2, -0.15) is 0 Å². The molecule has 0 bridgehead atoms. The number of hydrogen-bond donors (Lipinski definition) is 0. The van der Waals surface area contributed by atoms with Crippen molar-refractivity contribution in [1.82, 2.24) is 4.90 Å². The predicted molar refractivity (Wildman–Crippen MR) is 74.9 cm³/mol. The predicted octanol–water partition coefficient (Wildman–Crippen LogP) is 3.71. The van der Waals surface area contributed by atoms with Crippen molar-refractivity contribution in [3.63, 3.8) is 0 Å². The second-order valence-corrected chi connectivity index (χ2v) is 5.62. The average Bonchev–Trinajstić information content (AvgIpc) is 3.20. The van der Waals surface area contributed by atoms with E-state index in [-0.39, 0.29) is 11.8 Å². The monoisotopic (exact) mass is 285 g/mol. The van der Waals surface area contributed by atoms with E-state index >= 15 is 0 Å². The summed E-state index contributed by atoms with van der Waals surface area (Å²) in [7, 11) is 0. The van der Waals surface area contributed by atoms with Crippen molar-refractivity contribution >= 4 is 29.1 Å². The van der Waals surface area contributed by atoms with Crippen molar-refractivity contribution in [2.75, 3.05) is 5.88 Å². The Morgan fingerprint density at radius 1 is 1.39 bits per heavy atom. The molecule has 1 amide bonds. The van der Waals surface area contributed by atoms with Crippen LogP contribution >= 0.6 is 23.2 Å². The zero-order valence-electron chi connectivity index (χ0n) is 10.4. The molecule has 1 unspecified atom stereocenters. The maximum atomic E-state index is 12.2.